The van der Waals surface area contributed by atoms with Crippen LogP contribution in [0, 0.1) is 5.92 Å². The average Bonchev–Trinajstić information content (AvgIpc) is 1.63. The van der Waals surface area contributed by atoms with E-state index in [0.717, 1.165) is 0 Å². The molecule has 55 valence electrons. The molecule has 0 aliphatic carbocycles. The van der Waals surface area contributed by atoms with Gasteiger partial charge in [-0.2, -0.15) is 0 Å². The third-order valence-electron chi connectivity index (χ3n) is 1.20. The van der Waals surface area contributed by atoms with E-state index in [1.54, 1.807) is 6.92 Å². The maximum Gasteiger partial charge on any atom is 0.366 e. The molecule has 0 aliphatic heterocycles. The maximum absolute atomic E-state index is 10.0. The molecular formula is C5H12O3P. The van der Waals surface area contributed by atoms with Crippen LogP contribution in [-0.2, 0) is 9.09 Å². The van der Waals surface area contributed by atoms with Gasteiger partial charge in [-0.25, -0.2) is 4.57 Å². The minimum Gasteiger partial charge on any atom is -0.298 e. The molecule has 4 heteroatoms. The molecule has 0 aliphatic rings. The van der Waals surface area contributed by atoms with Crippen molar-refractivity contribution in [3.8, 4) is 0 Å². The lowest BCUT2D eigenvalue weighted by Crippen LogP contribution is -2.10. The highest BCUT2D eigenvalue weighted by Crippen LogP contribution is 2.21. The second-order valence-corrected chi connectivity index (χ2v) is 2.98. The molecule has 1 radical (unpaired) electrons. The molecule has 0 heterocycles. The Morgan fingerprint density at radius 2 is 1.89 bits per heavy atom. The quantitative estimate of drug-likeness (QED) is 0.624. The van der Waals surface area contributed by atoms with E-state index in [0.29, 0.717) is 0 Å². The summed E-state index contributed by atoms with van der Waals surface area (Å²) in [7, 11) is -2.42. The van der Waals surface area contributed by atoms with Gasteiger partial charge in [0.25, 0.3) is 0 Å². The van der Waals surface area contributed by atoms with Gasteiger partial charge in [-0.15, -0.1) is 0 Å². The van der Waals surface area contributed by atoms with Crippen LogP contribution in [0.1, 0.15) is 20.8 Å². The van der Waals surface area contributed by atoms with Crippen molar-refractivity contribution >= 4 is 8.25 Å². The molecular weight excluding hydrogens is 139 g/mol. The van der Waals surface area contributed by atoms with Gasteiger partial charge >= 0.3 is 8.25 Å². The van der Waals surface area contributed by atoms with Crippen LogP contribution >= 0.6 is 8.25 Å². The highest BCUT2D eigenvalue weighted by Gasteiger charge is 2.09. The molecule has 0 spiro atoms. The van der Waals surface area contributed by atoms with Crippen LogP contribution in [-0.4, -0.2) is 11.0 Å². The second kappa shape index (κ2) is 3.94. The van der Waals surface area contributed by atoms with Crippen molar-refractivity contribution in [2.24, 2.45) is 5.92 Å². The van der Waals surface area contributed by atoms with E-state index in [4.69, 9.17) is 4.89 Å². The zero-order chi connectivity index (χ0) is 7.44. The van der Waals surface area contributed by atoms with E-state index < -0.39 is 8.25 Å². The van der Waals surface area contributed by atoms with Gasteiger partial charge in [-0.1, -0.05) is 13.8 Å². The number of hydrogen-bond donors (Lipinski definition) is 1. The maximum atomic E-state index is 10.0. The topological polar surface area (TPSA) is 46.5 Å². The van der Waals surface area contributed by atoms with Crippen LogP contribution < -0.4 is 0 Å². The molecule has 2 atom stereocenters. The molecule has 0 rings (SSSR count). The molecule has 9 heavy (non-hydrogen) atoms. The Kier molecular flexibility index (Phi) is 3.95. The first kappa shape index (κ1) is 9.02. The van der Waals surface area contributed by atoms with Crippen LogP contribution in [0.3, 0.4) is 0 Å². The minimum atomic E-state index is -2.42. The Labute approximate surface area is 56.0 Å². The third kappa shape index (κ3) is 4.52. The normalized spacial score (nSPS) is 15.9. The predicted molar refractivity (Wildman–Crippen MR) is 35.2 cm³/mol. The van der Waals surface area contributed by atoms with Gasteiger partial charge in [0.05, 0.1) is 6.10 Å². The fourth-order valence-electron chi connectivity index (χ4n) is 0.264. The van der Waals surface area contributed by atoms with E-state index in [-0.39, 0.29) is 12.0 Å². The van der Waals surface area contributed by atoms with Crippen molar-refractivity contribution in [1.82, 2.24) is 0 Å². The Morgan fingerprint density at radius 1 is 1.44 bits per heavy atom. The van der Waals surface area contributed by atoms with Gasteiger partial charge in [-0.3, -0.25) is 9.42 Å². The largest absolute Gasteiger partial charge is 0.366 e. The van der Waals surface area contributed by atoms with Gasteiger partial charge in [0.15, 0.2) is 0 Å². The molecule has 0 aromatic heterocycles. The van der Waals surface area contributed by atoms with Crippen LogP contribution in [0.5, 0.6) is 0 Å². The Balaban J connectivity index is 3.50. The SMILES string of the molecule is CC(C)C(C)O[P](=O)O. The average molecular weight is 151 g/mol. The van der Waals surface area contributed by atoms with Gasteiger partial charge in [-0.05, 0) is 12.8 Å². The van der Waals surface area contributed by atoms with E-state index in [2.05, 4.69) is 4.52 Å². The smallest absolute Gasteiger partial charge is 0.298 e. The number of rotatable bonds is 3. The van der Waals surface area contributed by atoms with E-state index in [1.807, 2.05) is 13.8 Å². The Hall–Kier alpha value is 0.0200. The van der Waals surface area contributed by atoms with Gasteiger partial charge in [0.1, 0.15) is 0 Å². The van der Waals surface area contributed by atoms with Crippen molar-refractivity contribution in [2.45, 2.75) is 26.9 Å². The fourth-order valence-corrected chi connectivity index (χ4v) is 0.792. The first-order valence-electron chi connectivity index (χ1n) is 2.87. The molecule has 0 bridgehead atoms. The summed E-state index contributed by atoms with van der Waals surface area (Å²) in [5.41, 5.74) is 0. The van der Waals surface area contributed by atoms with Gasteiger partial charge in [0.2, 0.25) is 0 Å². The summed E-state index contributed by atoms with van der Waals surface area (Å²) >= 11 is 0. The lowest BCUT2D eigenvalue weighted by Gasteiger charge is -2.11. The van der Waals surface area contributed by atoms with Crippen LogP contribution in [0.4, 0.5) is 0 Å². The van der Waals surface area contributed by atoms with Crippen molar-refractivity contribution in [3.63, 3.8) is 0 Å². The Morgan fingerprint density at radius 3 is 2.00 bits per heavy atom. The molecule has 0 aromatic rings. The summed E-state index contributed by atoms with van der Waals surface area (Å²) in [5.74, 6) is 0.288. The Bertz CT molecular complexity index is 102. The molecule has 1 N–H and O–H groups in total. The summed E-state index contributed by atoms with van der Waals surface area (Å²) in [6.07, 6.45) is -0.140. The first-order valence-corrected chi connectivity index (χ1v) is 4.00. The zero-order valence-corrected chi connectivity index (χ0v) is 6.76. The molecule has 0 aromatic carbocycles. The third-order valence-corrected chi connectivity index (χ3v) is 1.71. The van der Waals surface area contributed by atoms with Crippen LogP contribution in [0.25, 0.3) is 0 Å². The monoisotopic (exact) mass is 151 g/mol. The summed E-state index contributed by atoms with van der Waals surface area (Å²) < 4.78 is 14.6. The molecule has 0 saturated heterocycles. The second-order valence-electron chi connectivity index (χ2n) is 2.29. The van der Waals surface area contributed by atoms with Crippen molar-refractivity contribution in [3.05, 3.63) is 0 Å². The first-order chi connectivity index (χ1) is 4.04. The van der Waals surface area contributed by atoms with Crippen molar-refractivity contribution in [2.75, 3.05) is 0 Å². The predicted octanol–water partition coefficient (Wildman–Crippen LogP) is 1.70. The molecule has 2 unspecified atom stereocenters. The number of hydrogen-bond acceptors (Lipinski definition) is 2. The van der Waals surface area contributed by atoms with Crippen molar-refractivity contribution < 1.29 is 14.0 Å². The minimum absolute atomic E-state index is 0.140. The zero-order valence-electron chi connectivity index (χ0n) is 5.87. The van der Waals surface area contributed by atoms with Crippen LogP contribution in [0.15, 0.2) is 0 Å². The molecule has 0 fully saturated rings. The fraction of sp³-hybridized carbons (Fsp3) is 1.00. The van der Waals surface area contributed by atoms with Crippen LogP contribution in [0.2, 0.25) is 0 Å². The summed E-state index contributed by atoms with van der Waals surface area (Å²) in [6, 6.07) is 0. The lowest BCUT2D eigenvalue weighted by molar-refractivity contribution is 0.160. The molecule has 0 amide bonds. The van der Waals surface area contributed by atoms with E-state index in [1.165, 1.54) is 0 Å². The van der Waals surface area contributed by atoms with Gasteiger partial charge in [0, 0.05) is 0 Å². The van der Waals surface area contributed by atoms with E-state index in [9.17, 15) is 4.57 Å². The molecule has 0 saturated carbocycles. The standard InChI is InChI=1S/C5H12O3P/c1-4(2)5(3)8-9(6)7/h4-5H,1-3H3,(H,6,7). The lowest BCUT2D eigenvalue weighted by atomic mass is 10.1. The summed E-state index contributed by atoms with van der Waals surface area (Å²) in [5, 5.41) is 0. The van der Waals surface area contributed by atoms with Crippen molar-refractivity contribution in [1.29, 1.82) is 0 Å². The highest BCUT2D eigenvalue weighted by atomic mass is 31.1. The van der Waals surface area contributed by atoms with E-state index >= 15 is 0 Å². The summed E-state index contributed by atoms with van der Waals surface area (Å²) in [6.45, 7) is 5.64. The van der Waals surface area contributed by atoms with Gasteiger partial charge < -0.3 is 0 Å². The summed E-state index contributed by atoms with van der Waals surface area (Å²) in [4.78, 5) is 8.26. The molecule has 3 nitrogen and oxygen atoms in total. The highest BCUT2D eigenvalue weighted by molar-refractivity contribution is 7.32.